The third-order valence-electron chi connectivity index (χ3n) is 4.84. The molecule has 5 heteroatoms. The highest BCUT2D eigenvalue weighted by Gasteiger charge is 2.18. The number of nitrogens with zero attached hydrogens (tertiary/aromatic N) is 1. The zero-order chi connectivity index (χ0) is 17.9. The maximum Gasteiger partial charge on any atom is 0.242 e. The van der Waals surface area contributed by atoms with Gasteiger partial charge in [-0.1, -0.05) is 30.3 Å². The Kier molecular flexibility index (Phi) is 4.44. The number of hydrazine groups is 1. The minimum Gasteiger partial charge on any atom is -0.399 e. The van der Waals surface area contributed by atoms with Crippen molar-refractivity contribution < 1.29 is 4.79 Å². The topological polar surface area (TPSA) is 80.0 Å². The van der Waals surface area contributed by atoms with Gasteiger partial charge in [0.25, 0.3) is 0 Å². The van der Waals surface area contributed by atoms with Gasteiger partial charge < -0.3 is 5.73 Å². The molecule has 1 aromatic heterocycles. The van der Waals surface area contributed by atoms with Gasteiger partial charge in [0.2, 0.25) is 5.91 Å². The summed E-state index contributed by atoms with van der Waals surface area (Å²) in [5.74, 6) is -0.0831. The molecule has 26 heavy (non-hydrogen) atoms. The number of carbonyl (C=O) groups excluding carboxylic acids is 1. The first-order valence-electron chi connectivity index (χ1n) is 9.00. The standard InChI is InChI=1S/C21H22N4O/c22-15-11-9-14(10-12-15)13-20(26)24-25-21-16-5-1-3-7-18(16)23-19-8-4-2-6-17(19)21/h1,3,5,7,9-12H,2,4,6,8,13,22H2,(H,23,25)(H,24,26). The second kappa shape index (κ2) is 7.04. The van der Waals surface area contributed by atoms with Crippen molar-refractivity contribution >= 4 is 28.2 Å². The number of hydrogen-bond acceptors (Lipinski definition) is 4. The number of benzene rings is 2. The molecule has 0 spiro atoms. The van der Waals surface area contributed by atoms with E-state index in [1.54, 1.807) is 0 Å². The maximum absolute atomic E-state index is 12.4. The zero-order valence-corrected chi connectivity index (χ0v) is 14.6. The molecule has 132 valence electrons. The molecule has 0 saturated carbocycles. The van der Waals surface area contributed by atoms with Crippen LogP contribution in [0, 0.1) is 0 Å². The number of aromatic nitrogens is 1. The van der Waals surface area contributed by atoms with Gasteiger partial charge in [-0.05, 0) is 55.0 Å². The van der Waals surface area contributed by atoms with Crippen molar-refractivity contribution in [2.75, 3.05) is 11.2 Å². The Morgan fingerprint density at radius 1 is 1.04 bits per heavy atom. The number of nitrogen functional groups attached to an aromatic ring is 1. The van der Waals surface area contributed by atoms with E-state index in [1.165, 1.54) is 12.0 Å². The first kappa shape index (κ1) is 16.4. The van der Waals surface area contributed by atoms with Crippen LogP contribution in [-0.2, 0) is 24.1 Å². The van der Waals surface area contributed by atoms with E-state index in [4.69, 9.17) is 10.7 Å². The van der Waals surface area contributed by atoms with Gasteiger partial charge in [-0.3, -0.25) is 20.6 Å². The van der Waals surface area contributed by atoms with Gasteiger partial charge in [0.05, 0.1) is 17.6 Å². The number of amides is 1. The van der Waals surface area contributed by atoms with Crippen molar-refractivity contribution in [1.82, 2.24) is 10.4 Å². The monoisotopic (exact) mass is 346 g/mol. The Hall–Kier alpha value is -3.08. The van der Waals surface area contributed by atoms with E-state index in [-0.39, 0.29) is 5.91 Å². The van der Waals surface area contributed by atoms with Crippen molar-refractivity contribution in [1.29, 1.82) is 0 Å². The highest BCUT2D eigenvalue weighted by molar-refractivity contribution is 5.94. The zero-order valence-electron chi connectivity index (χ0n) is 14.6. The van der Waals surface area contributed by atoms with Crippen LogP contribution >= 0.6 is 0 Å². The third kappa shape index (κ3) is 3.33. The quantitative estimate of drug-likeness (QED) is 0.500. The summed E-state index contributed by atoms with van der Waals surface area (Å²) in [5.41, 5.74) is 17.7. The predicted molar refractivity (Wildman–Crippen MR) is 105 cm³/mol. The number of para-hydroxylation sites is 1. The fourth-order valence-corrected chi connectivity index (χ4v) is 3.51. The minimum atomic E-state index is -0.0831. The van der Waals surface area contributed by atoms with Crippen LogP contribution in [0.15, 0.2) is 48.5 Å². The molecule has 0 bridgehead atoms. The molecular formula is C21H22N4O. The molecular weight excluding hydrogens is 324 g/mol. The summed E-state index contributed by atoms with van der Waals surface area (Å²) in [5, 5.41) is 1.04. The number of nitrogens with one attached hydrogen (secondary N) is 2. The lowest BCUT2D eigenvalue weighted by molar-refractivity contribution is -0.119. The summed E-state index contributed by atoms with van der Waals surface area (Å²) >= 11 is 0. The minimum absolute atomic E-state index is 0.0831. The highest BCUT2D eigenvalue weighted by Crippen LogP contribution is 2.32. The molecule has 0 unspecified atom stereocenters. The molecule has 2 aromatic carbocycles. The SMILES string of the molecule is Nc1ccc(CC(=O)NNc2c3c(nc4ccccc24)CCCC3)cc1. The maximum atomic E-state index is 12.4. The Labute approximate surface area is 152 Å². The number of hydrogen-bond donors (Lipinski definition) is 3. The summed E-state index contributed by atoms with van der Waals surface area (Å²) in [6, 6.07) is 15.4. The van der Waals surface area contributed by atoms with Crippen LogP contribution in [0.25, 0.3) is 10.9 Å². The fraction of sp³-hybridized carbons (Fsp3) is 0.238. The molecule has 4 N–H and O–H groups in total. The highest BCUT2D eigenvalue weighted by atomic mass is 16.2. The molecule has 0 saturated heterocycles. The lowest BCUT2D eigenvalue weighted by Crippen LogP contribution is -2.31. The van der Waals surface area contributed by atoms with Gasteiger partial charge >= 0.3 is 0 Å². The predicted octanol–water partition coefficient (Wildman–Crippen LogP) is 3.38. The first-order valence-corrected chi connectivity index (χ1v) is 9.00. The van der Waals surface area contributed by atoms with Crippen molar-refractivity contribution in [3.05, 3.63) is 65.4 Å². The van der Waals surface area contributed by atoms with Gasteiger partial charge in [0, 0.05) is 16.8 Å². The van der Waals surface area contributed by atoms with Crippen molar-refractivity contribution in [3.63, 3.8) is 0 Å². The van der Waals surface area contributed by atoms with Gasteiger partial charge in [0.15, 0.2) is 0 Å². The Bertz CT molecular complexity index is 950. The summed E-state index contributed by atoms with van der Waals surface area (Å²) in [6.45, 7) is 0. The van der Waals surface area contributed by atoms with E-state index in [0.29, 0.717) is 12.1 Å². The van der Waals surface area contributed by atoms with E-state index in [1.807, 2.05) is 48.5 Å². The summed E-state index contributed by atoms with van der Waals surface area (Å²) in [7, 11) is 0. The van der Waals surface area contributed by atoms with Crippen molar-refractivity contribution in [2.45, 2.75) is 32.1 Å². The van der Waals surface area contributed by atoms with E-state index in [0.717, 1.165) is 47.1 Å². The van der Waals surface area contributed by atoms with Crippen LogP contribution in [0.2, 0.25) is 0 Å². The average Bonchev–Trinajstić information content (AvgIpc) is 2.67. The lowest BCUT2D eigenvalue weighted by atomic mass is 9.93. The normalized spacial score (nSPS) is 13.2. The number of rotatable bonds is 4. The third-order valence-corrected chi connectivity index (χ3v) is 4.84. The molecule has 0 fully saturated rings. The van der Waals surface area contributed by atoms with Gasteiger partial charge in [-0.2, -0.15) is 0 Å². The Balaban J connectivity index is 1.56. The van der Waals surface area contributed by atoms with Crippen molar-refractivity contribution in [3.8, 4) is 0 Å². The van der Waals surface area contributed by atoms with Crippen LogP contribution in [0.5, 0.6) is 0 Å². The number of carbonyl (C=O) groups is 1. The van der Waals surface area contributed by atoms with Crippen LogP contribution in [0.3, 0.4) is 0 Å². The van der Waals surface area contributed by atoms with E-state index >= 15 is 0 Å². The fourth-order valence-electron chi connectivity index (χ4n) is 3.51. The lowest BCUT2D eigenvalue weighted by Gasteiger charge is -2.21. The molecule has 5 nitrogen and oxygen atoms in total. The number of fused-ring (bicyclic) bond motifs is 2. The van der Waals surface area contributed by atoms with E-state index in [9.17, 15) is 4.79 Å². The largest absolute Gasteiger partial charge is 0.399 e. The van der Waals surface area contributed by atoms with Gasteiger partial charge in [-0.15, -0.1) is 0 Å². The second-order valence-electron chi connectivity index (χ2n) is 6.73. The smallest absolute Gasteiger partial charge is 0.242 e. The molecule has 1 heterocycles. The molecule has 4 rings (SSSR count). The number of aryl methyl sites for hydroxylation is 1. The summed E-state index contributed by atoms with van der Waals surface area (Å²) in [4.78, 5) is 17.2. The number of anilines is 2. The molecule has 0 aliphatic heterocycles. The molecule has 3 aromatic rings. The molecule has 0 radical (unpaired) electrons. The second-order valence-corrected chi connectivity index (χ2v) is 6.73. The van der Waals surface area contributed by atoms with Crippen LogP contribution < -0.4 is 16.6 Å². The molecule has 1 amide bonds. The Morgan fingerprint density at radius 3 is 2.65 bits per heavy atom. The summed E-state index contributed by atoms with van der Waals surface area (Å²) < 4.78 is 0. The first-order chi connectivity index (χ1) is 12.7. The average molecular weight is 346 g/mol. The van der Waals surface area contributed by atoms with E-state index < -0.39 is 0 Å². The van der Waals surface area contributed by atoms with Gasteiger partial charge in [0.1, 0.15) is 0 Å². The molecule has 1 aliphatic carbocycles. The van der Waals surface area contributed by atoms with Crippen LogP contribution in [-0.4, -0.2) is 10.9 Å². The number of nitrogens with two attached hydrogens (primary N) is 1. The molecule has 0 atom stereocenters. The van der Waals surface area contributed by atoms with Crippen molar-refractivity contribution in [2.24, 2.45) is 0 Å². The Morgan fingerprint density at radius 2 is 1.81 bits per heavy atom. The van der Waals surface area contributed by atoms with Crippen LogP contribution in [0.4, 0.5) is 11.4 Å². The molecule has 1 aliphatic rings. The number of pyridine rings is 1. The van der Waals surface area contributed by atoms with E-state index in [2.05, 4.69) is 10.9 Å². The van der Waals surface area contributed by atoms with Gasteiger partial charge in [-0.25, -0.2) is 0 Å². The van der Waals surface area contributed by atoms with Crippen LogP contribution in [0.1, 0.15) is 29.7 Å². The summed E-state index contributed by atoms with van der Waals surface area (Å²) in [6.07, 6.45) is 4.61.